The highest BCUT2D eigenvalue weighted by Crippen LogP contribution is 2.21. The largest absolute Gasteiger partial charge is 0.457 e. The number of sulfonamides is 1. The SMILES string of the molecule is O=C(N/N=C\c1cccc(Oc2ccccc2)c1)c1cccc(S(=O)(=O)N2CCOCC2)c1. The molecule has 8 nitrogen and oxygen atoms in total. The lowest BCUT2D eigenvalue weighted by Crippen LogP contribution is -2.40. The fourth-order valence-corrected chi connectivity index (χ4v) is 4.70. The average molecular weight is 466 g/mol. The second kappa shape index (κ2) is 10.4. The number of ether oxygens (including phenoxy) is 2. The molecule has 3 aromatic carbocycles. The lowest BCUT2D eigenvalue weighted by atomic mass is 10.2. The number of hydrogen-bond acceptors (Lipinski definition) is 6. The second-order valence-corrected chi connectivity index (χ2v) is 9.17. The Balaban J connectivity index is 1.41. The Labute approximate surface area is 192 Å². The van der Waals surface area contributed by atoms with Crippen molar-refractivity contribution in [2.24, 2.45) is 5.10 Å². The van der Waals surface area contributed by atoms with Crippen LogP contribution in [0.25, 0.3) is 0 Å². The number of amides is 1. The zero-order chi connectivity index (χ0) is 23.1. The highest BCUT2D eigenvalue weighted by Gasteiger charge is 2.26. The molecule has 1 aliphatic rings. The molecule has 1 amide bonds. The third-order valence-corrected chi connectivity index (χ3v) is 6.82. The Bertz CT molecular complexity index is 1240. The molecule has 9 heteroatoms. The van der Waals surface area contributed by atoms with E-state index in [-0.39, 0.29) is 23.5 Å². The van der Waals surface area contributed by atoms with Gasteiger partial charge in [0.05, 0.1) is 24.3 Å². The molecule has 1 saturated heterocycles. The summed E-state index contributed by atoms with van der Waals surface area (Å²) in [5.74, 6) is 0.839. The van der Waals surface area contributed by atoms with Gasteiger partial charge in [0, 0.05) is 18.7 Å². The van der Waals surface area contributed by atoms with E-state index in [1.807, 2.05) is 48.5 Å². The molecule has 0 spiro atoms. The first-order valence-electron chi connectivity index (χ1n) is 10.4. The van der Waals surface area contributed by atoms with Crippen LogP contribution in [0.15, 0.2) is 88.9 Å². The van der Waals surface area contributed by atoms with Crippen molar-refractivity contribution in [3.8, 4) is 11.5 Å². The van der Waals surface area contributed by atoms with Gasteiger partial charge in [-0.3, -0.25) is 4.79 Å². The summed E-state index contributed by atoms with van der Waals surface area (Å²) in [4.78, 5) is 12.6. The Hall–Kier alpha value is -3.53. The van der Waals surface area contributed by atoms with E-state index in [2.05, 4.69) is 10.5 Å². The quantitative estimate of drug-likeness (QED) is 0.427. The van der Waals surface area contributed by atoms with Crippen molar-refractivity contribution in [3.63, 3.8) is 0 Å². The van der Waals surface area contributed by atoms with Gasteiger partial charge in [-0.2, -0.15) is 9.41 Å². The number of hydrazone groups is 1. The van der Waals surface area contributed by atoms with E-state index in [0.717, 1.165) is 5.56 Å². The molecule has 0 radical (unpaired) electrons. The van der Waals surface area contributed by atoms with Crippen LogP contribution in [-0.2, 0) is 14.8 Å². The van der Waals surface area contributed by atoms with E-state index in [1.54, 1.807) is 6.07 Å². The van der Waals surface area contributed by atoms with Crippen LogP contribution in [0.1, 0.15) is 15.9 Å². The van der Waals surface area contributed by atoms with Crippen molar-refractivity contribution in [1.29, 1.82) is 0 Å². The predicted molar refractivity (Wildman–Crippen MR) is 124 cm³/mol. The monoisotopic (exact) mass is 465 g/mol. The second-order valence-electron chi connectivity index (χ2n) is 7.23. The maximum atomic E-state index is 12.8. The molecule has 1 heterocycles. The molecule has 3 aromatic rings. The summed E-state index contributed by atoms with van der Waals surface area (Å²) in [7, 11) is -3.69. The van der Waals surface area contributed by atoms with Crippen LogP contribution in [-0.4, -0.2) is 51.1 Å². The highest BCUT2D eigenvalue weighted by atomic mass is 32.2. The number of carbonyl (C=O) groups excluding carboxylic acids is 1. The van der Waals surface area contributed by atoms with Crippen LogP contribution in [0.2, 0.25) is 0 Å². The summed E-state index contributed by atoms with van der Waals surface area (Å²) in [5, 5.41) is 3.99. The Morgan fingerprint density at radius 2 is 1.67 bits per heavy atom. The maximum absolute atomic E-state index is 12.8. The smallest absolute Gasteiger partial charge is 0.271 e. The van der Waals surface area contributed by atoms with Crippen molar-refractivity contribution in [3.05, 3.63) is 90.0 Å². The molecule has 1 fully saturated rings. The van der Waals surface area contributed by atoms with Gasteiger partial charge in [-0.05, 0) is 48.0 Å². The summed E-state index contributed by atoms with van der Waals surface area (Å²) < 4.78 is 38.0. The minimum atomic E-state index is -3.69. The number of morpholine rings is 1. The van der Waals surface area contributed by atoms with Crippen molar-refractivity contribution >= 4 is 22.1 Å². The van der Waals surface area contributed by atoms with Crippen molar-refractivity contribution in [2.45, 2.75) is 4.90 Å². The first-order chi connectivity index (χ1) is 16.0. The maximum Gasteiger partial charge on any atom is 0.271 e. The lowest BCUT2D eigenvalue weighted by molar-refractivity contribution is 0.0730. The van der Waals surface area contributed by atoms with Gasteiger partial charge in [0.1, 0.15) is 11.5 Å². The van der Waals surface area contributed by atoms with Crippen LogP contribution in [0.5, 0.6) is 11.5 Å². The van der Waals surface area contributed by atoms with Crippen LogP contribution >= 0.6 is 0 Å². The Kier molecular flexibility index (Phi) is 7.13. The van der Waals surface area contributed by atoms with E-state index in [0.29, 0.717) is 24.7 Å². The van der Waals surface area contributed by atoms with Gasteiger partial charge < -0.3 is 9.47 Å². The summed E-state index contributed by atoms with van der Waals surface area (Å²) in [6, 6.07) is 22.6. The van der Waals surface area contributed by atoms with Gasteiger partial charge in [0.15, 0.2) is 0 Å². The van der Waals surface area contributed by atoms with E-state index in [4.69, 9.17) is 9.47 Å². The molecule has 0 unspecified atom stereocenters. The molecule has 1 N–H and O–H groups in total. The van der Waals surface area contributed by atoms with Crippen LogP contribution in [0.4, 0.5) is 0 Å². The fraction of sp³-hybridized carbons (Fsp3) is 0.167. The van der Waals surface area contributed by atoms with Crippen LogP contribution < -0.4 is 10.2 Å². The first kappa shape index (κ1) is 22.7. The highest BCUT2D eigenvalue weighted by molar-refractivity contribution is 7.89. The summed E-state index contributed by atoms with van der Waals surface area (Å²) in [6.45, 7) is 1.28. The molecule has 0 aliphatic carbocycles. The van der Waals surface area contributed by atoms with Gasteiger partial charge in [-0.15, -0.1) is 0 Å². The summed E-state index contributed by atoms with van der Waals surface area (Å²) in [6.07, 6.45) is 1.49. The van der Waals surface area contributed by atoms with E-state index in [9.17, 15) is 13.2 Å². The number of rotatable bonds is 7. The molecule has 4 rings (SSSR count). The first-order valence-corrected chi connectivity index (χ1v) is 11.8. The molecule has 0 aromatic heterocycles. The molecule has 0 saturated carbocycles. The van der Waals surface area contributed by atoms with Crippen LogP contribution in [0.3, 0.4) is 0 Å². The Morgan fingerprint density at radius 3 is 2.45 bits per heavy atom. The van der Waals surface area contributed by atoms with E-state index in [1.165, 1.54) is 34.8 Å². The minimum Gasteiger partial charge on any atom is -0.457 e. The number of hydrogen-bond donors (Lipinski definition) is 1. The molecule has 33 heavy (non-hydrogen) atoms. The Morgan fingerprint density at radius 1 is 0.939 bits per heavy atom. The lowest BCUT2D eigenvalue weighted by Gasteiger charge is -2.26. The van der Waals surface area contributed by atoms with Crippen molar-refractivity contribution < 1.29 is 22.7 Å². The number of nitrogens with one attached hydrogen (secondary N) is 1. The number of carbonyl (C=O) groups is 1. The standard InChI is InChI=1S/C24H23N3O5S/c28-24(20-7-5-11-23(17-20)33(29,30)27-12-14-31-15-13-27)26-25-18-19-6-4-10-22(16-19)32-21-8-2-1-3-9-21/h1-11,16-18H,12-15H2,(H,26,28)/b25-18-. The predicted octanol–water partition coefficient (Wildman–Crippen LogP) is 3.26. The molecule has 170 valence electrons. The number of benzene rings is 3. The van der Waals surface area contributed by atoms with Gasteiger partial charge >= 0.3 is 0 Å². The van der Waals surface area contributed by atoms with Crippen molar-refractivity contribution in [2.75, 3.05) is 26.3 Å². The van der Waals surface area contributed by atoms with Crippen LogP contribution in [0, 0.1) is 0 Å². The van der Waals surface area contributed by atoms with Gasteiger partial charge in [0.25, 0.3) is 5.91 Å². The third-order valence-electron chi connectivity index (χ3n) is 4.92. The van der Waals surface area contributed by atoms with Crippen molar-refractivity contribution in [1.82, 2.24) is 9.73 Å². The summed E-state index contributed by atoms with van der Waals surface area (Å²) >= 11 is 0. The summed E-state index contributed by atoms with van der Waals surface area (Å²) in [5.41, 5.74) is 3.36. The molecule has 0 atom stereocenters. The zero-order valence-corrected chi connectivity index (χ0v) is 18.6. The topological polar surface area (TPSA) is 97.3 Å². The van der Waals surface area contributed by atoms with Gasteiger partial charge in [-0.1, -0.05) is 36.4 Å². The van der Waals surface area contributed by atoms with Gasteiger partial charge in [0.2, 0.25) is 10.0 Å². The normalized spacial score (nSPS) is 14.8. The fourth-order valence-electron chi connectivity index (χ4n) is 3.25. The molecule has 0 bridgehead atoms. The average Bonchev–Trinajstić information content (AvgIpc) is 2.85. The number of para-hydroxylation sites is 1. The van der Waals surface area contributed by atoms with Gasteiger partial charge in [-0.25, -0.2) is 13.8 Å². The third kappa shape index (κ3) is 5.83. The van der Waals surface area contributed by atoms with E-state index >= 15 is 0 Å². The van der Waals surface area contributed by atoms with E-state index < -0.39 is 15.9 Å². The molecular weight excluding hydrogens is 442 g/mol. The molecular formula is C24H23N3O5S. The number of nitrogens with zero attached hydrogens (tertiary/aromatic N) is 2. The zero-order valence-electron chi connectivity index (χ0n) is 17.8. The molecule has 1 aliphatic heterocycles. The minimum absolute atomic E-state index is 0.0618.